The van der Waals surface area contributed by atoms with E-state index in [1.165, 1.54) is 17.2 Å². The number of halogens is 1. The van der Waals surface area contributed by atoms with Gasteiger partial charge in [0.25, 0.3) is 5.91 Å². The molecule has 1 atom stereocenters. The summed E-state index contributed by atoms with van der Waals surface area (Å²) in [6.45, 7) is 0. The lowest BCUT2D eigenvalue weighted by atomic mass is 10.0. The van der Waals surface area contributed by atoms with E-state index in [-0.39, 0.29) is 11.9 Å². The zero-order chi connectivity index (χ0) is 15.1. The lowest BCUT2D eigenvalue weighted by Gasteiger charge is -2.38. The van der Waals surface area contributed by atoms with E-state index in [1.807, 2.05) is 0 Å². The minimum absolute atomic E-state index is 0.107. The molecular formula is C14H14FN5O. The first-order valence-corrected chi connectivity index (χ1v) is 6.38. The summed E-state index contributed by atoms with van der Waals surface area (Å²) in [6, 6.07) is 5.43. The van der Waals surface area contributed by atoms with Gasteiger partial charge in [-0.2, -0.15) is 4.98 Å². The third-order valence-corrected chi connectivity index (χ3v) is 3.62. The highest BCUT2D eigenvalue weighted by Crippen LogP contribution is 2.38. The van der Waals surface area contributed by atoms with Crippen molar-refractivity contribution in [1.82, 2.24) is 9.97 Å². The van der Waals surface area contributed by atoms with E-state index in [0.717, 1.165) is 0 Å². The van der Waals surface area contributed by atoms with Gasteiger partial charge in [-0.1, -0.05) is 18.2 Å². The molecule has 0 aliphatic carbocycles. The first-order chi connectivity index (χ1) is 10.0. The van der Waals surface area contributed by atoms with Gasteiger partial charge >= 0.3 is 0 Å². The highest BCUT2D eigenvalue weighted by Gasteiger charge is 2.38. The lowest BCUT2D eigenvalue weighted by molar-refractivity contribution is -0.120. The van der Waals surface area contributed by atoms with Gasteiger partial charge in [-0.3, -0.25) is 4.79 Å². The largest absolute Gasteiger partial charge is 0.368 e. The number of nitrogens with zero attached hydrogens (tertiary/aromatic N) is 4. The van der Waals surface area contributed by atoms with Gasteiger partial charge < -0.3 is 15.5 Å². The smallest absolute Gasteiger partial charge is 0.254 e. The van der Waals surface area contributed by atoms with Crippen LogP contribution < -0.4 is 15.5 Å². The Labute approximate surface area is 121 Å². The van der Waals surface area contributed by atoms with Crippen molar-refractivity contribution in [1.29, 1.82) is 0 Å². The number of hydrogen-bond donors (Lipinski definition) is 1. The van der Waals surface area contributed by atoms with Crippen molar-refractivity contribution in [2.75, 3.05) is 29.6 Å². The first-order valence-electron chi connectivity index (χ1n) is 6.38. The number of likely N-dealkylation sites (N-methyl/N-ethyl adjacent to an activating group) is 2. The zero-order valence-electron chi connectivity index (χ0n) is 11.6. The Balaban J connectivity index is 2.16. The van der Waals surface area contributed by atoms with Gasteiger partial charge in [0.1, 0.15) is 17.5 Å². The summed E-state index contributed by atoms with van der Waals surface area (Å²) >= 11 is 0. The summed E-state index contributed by atoms with van der Waals surface area (Å²) in [6.07, 6.45) is 1.49. The molecular weight excluding hydrogens is 273 g/mol. The fourth-order valence-electron chi connectivity index (χ4n) is 2.50. The van der Waals surface area contributed by atoms with Crippen molar-refractivity contribution in [3.05, 3.63) is 41.8 Å². The van der Waals surface area contributed by atoms with Crippen molar-refractivity contribution in [3.63, 3.8) is 0 Å². The standard InChI is InChI=1S/C14H14FN5O/c1-19-10-7-17-14(16)18-12(10)20(2)11(13(19)21)8-5-3-4-6-9(8)15/h3-7,11H,1-2H3,(H2,16,17,18). The normalized spacial score (nSPS) is 17.9. The third-order valence-electron chi connectivity index (χ3n) is 3.62. The van der Waals surface area contributed by atoms with Crippen LogP contribution >= 0.6 is 0 Å². The van der Waals surface area contributed by atoms with Crippen molar-refractivity contribution in [2.24, 2.45) is 0 Å². The van der Waals surface area contributed by atoms with Gasteiger partial charge in [-0.25, -0.2) is 9.37 Å². The van der Waals surface area contributed by atoms with Crippen LogP contribution in [-0.4, -0.2) is 30.0 Å². The fourth-order valence-corrected chi connectivity index (χ4v) is 2.50. The highest BCUT2D eigenvalue weighted by molar-refractivity contribution is 6.04. The Morgan fingerprint density at radius 1 is 1.29 bits per heavy atom. The van der Waals surface area contributed by atoms with Crippen LogP contribution in [0.1, 0.15) is 11.6 Å². The van der Waals surface area contributed by atoms with E-state index in [1.54, 1.807) is 37.2 Å². The molecule has 0 radical (unpaired) electrons. The maximum Gasteiger partial charge on any atom is 0.254 e. The number of anilines is 3. The van der Waals surface area contributed by atoms with Crippen molar-refractivity contribution in [3.8, 4) is 0 Å². The van der Waals surface area contributed by atoms with Crippen LogP contribution in [0.3, 0.4) is 0 Å². The van der Waals surface area contributed by atoms with Gasteiger partial charge in [0, 0.05) is 19.7 Å². The number of amides is 1. The number of benzene rings is 1. The molecule has 0 spiro atoms. The number of carbonyl (C=O) groups excluding carboxylic acids is 1. The number of rotatable bonds is 1. The van der Waals surface area contributed by atoms with Gasteiger partial charge in [0.2, 0.25) is 5.95 Å². The molecule has 0 saturated heterocycles. The van der Waals surface area contributed by atoms with Crippen molar-refractivity contribution in [2.45, 2.75) is 6.04 Å². The van der Waals surface area contributed by atoms with Crippen LogP contribution in [0.5, 0.6) is 0 Å². The number of carbonyl (C=O) groups is 1. The molecule has 2 heterocycles. The Morgan fingerprint density at radius 3 is 2.71 bits per heavy atom. The molecule has 1 aliphatic heterocycles. The van der Waals surface area contributed by atoms with Gasteiger partial charge in [-0.05, 0) is 6.07 Å². The van der Waals surface area contributed by atoms with Gasteiger partial charge in [-0.15, -0.1) is 0 Å². The molecule has 2 aromatic rings. The highest BCUT2D eigenvalue weighted by atomic mass is 19.1. The maximum absolute atomic E-state index is 14.0. The average molecular weight is 287 g/mol. The lowest BCUT2D eigenvalue weighted by Crippen LogP contribution is -2.45. The molecule has 3 rings (SSSR count). The van der Waals surface area contributed by atoms with E-state index in [2.05, 4.69) is 9.97 Å². The summed E-state index contributed by atoms with van der Waals surface area (Å²) in [5.74, 6) is -0.0708. The Kier molecular flexibility index (Phi) is 2.97. The minimum atomic E-state index is -0.780. The predicted molar refractivity (Wildman–Crippen MR) is 77.4 cm³/mol. The quantitative estimate of drug-likeness (QED) is 0.857. The Hall–Kier alpha value is -2.70. The van der Waals surface area contributed by atoms with Crippen LogP contribution in [0.25, 0.3) is 0 Å². The SMILES string of the molecule is CN1C(=O)C(c2ccccc2F)N(C)c2nc(N)ncc21. The molecule has 0 fully saturated rings. The first kappa shape index (κ1) is 13.3. The van der Waals surface area contributed by atoms with E-state index >= 15 is 0 Å². The molecule has 6 nitrogen and oxygen atoms in total. The Bertz CT molecular complexity index is 720. The Morgan fingerprint density at radius 2 is 2.00 bits per heavy atom. The molecule has 1 aromatic heterocycles. The monoisotopic (exact) mass is 287 g/mol. The molecule has 1 amide bonds. The molecule has 2 N–H and O–H groups in total. The van der Waals surface area contributed by atoms with Crippen LogP contribution in [0.4, 0.5) is 21.8 Å². The second kappa shape index (κ2) is 4.69. The number of nitrogen functional groups attached to an aromatic ring is 1. The van der Waals surface area contributed by atoms with Crippen LogP contribution in [0.15, 0.2) is 30.5 Å². The van der Waals surface area contributed by atoms with Crippen LogP contribution in [-0.2, 0) is 4.79 Å². The predicted octanol–water partition coefficient (Wildman–Crippen LogP) is 1.35. The fraction of sp³-hybridized carbons (Fsp3) is 0.214. The number of fused-ring (bicyclic) bond motifs is 1. The molecule has 1 aliphatic rings. The number of aromatic nitrogens is 2. The molecule has 0 bridgehead atoms. The van der Waals surface area contributed by atoms with E-state index in [4.69, 9.17) is 5.73 Å². The van der Waals surface area contributed by atoms with Crippen LogP contribution in [0, 0.1) is 5.82 Å². The van der Waals surface area contributed by atoms with Crippen molar-refractivity contribution < 1.29 is 9.18 Å². The average Bonchev–Trinajstić information content (AvgIpc) is 2.47. The van der Waals surface area contributed by atoms with Gasteiger partial charge in [0.15, 0.2) is 5.82 Å². The van der Waals surface area contributed by atoms with E-state index in [9.17, 15) is 9.18 Å². The van der Waals surface area contributed by atoms with E-state index < -0.39 is 11.9 Å². The molecule has 1 unspecified atom stereocenters. The summed E-state index contributed by atoms with van der Waals surface area (Å²) in [5.41, 5.74) is 6.46. The second-order valence-corrected chi connectivity index (χ2v) is 4.87. The third kappa shape index (κ3) is 1.97. The minimum Gasteiger partial charge on any atom is -0.368 e. The molecule has 0 saturated carbocycles. The summed E-state index contributed by atoms with van der Waals surface area (Å²) in [4.78, 5) is 23.7. The number of nitrogens with two attached hydrogens (primary N) is 1. The summed E-state index contributed by atoms with van der Waals surface area (Å²) in [7, 11) is 3.30. The van der Waals surface area contributed by atoms with Crippen molar-refractivity contribution >= 4 is 23.4 Å². The van der Waals surface area contributed by atoms with Gasteiger partial charge in [0.05, 0.1) is 6.20 Å². The molecule has 7 heteroatoms. The molecule has 108 valence electrons. The summed E-state index contributed by atoms with van der Waals surface area (Å²) < 4.78 is 14.0. The maximum atomic E-state index is 14.0. The van der Waals surface area contributed by atoms with E-state index in [0.29, 0.717) is 17.1 Å². The number of hydrogen-bond acceptors (Lipinski definition) is 5. The summed E-state index contributed by atoms with van der Waals surface area (Å²) in [5, 5.41) is 0. The topological polar surface area (TPSA) is 75.4 Å². The second-order valence-electron chi connectivity index (χ2n) is 4.87. The molecule has 1 aromatic carbocycles. The van der Waals surface area contributed by atoms with Crippen LogP contribution in [0.2, 0.25) is 0 Å². The molecule has 21 heavy (non-hydrogen) atoms. The zero-order valence-corrected chi connectivity index (χ0v) is 11.6.